The average Bonchev–Trinajstić information content (AvgIpc) is 2.54. The van der Waals surface area contributed by atoms with E-state index in [2.05, 4.69) is 29.0 Å². The van der Waals surface area contributed by atoms with E-state index in [9.17, 15) is 4.39 Å². The van der Waals surface area contributed by atoms with Crippen molar-refractivity contribution in [3.63, 3.8) is 0 Å². The highest BCUT2D eigenvalue weighted by Crippen LogP contribution is 2.23. The zero-order valence-electron chi connectivity index (χ0n) is 13.9. The number of hydrogen-bond acceptors (Lipinski definition) is 4. The molecule has 4 nitrogen and oxygen atoms in total. The lowest BCUT2D eigenvalue weighted by Crippen LogP contribution is -2.28. The van der Waals surface area contributed by atoms with E-state index in [1.54, 1.807) is 12.3 Å². The number of aromatic nitrogens is 1. The highest BCUT2D eigenvalue weighted by molar-refractivity contribution is 5.91. The van der Waals surface area contributed by atoms with Gasteiger partial charge in [-0.2, -0.15) is 0 Å². The summed E-state index contributed by atoms with van der Waals surface area (Å²) in [6.45, 7) is 7.16. The SMILES string of the molecule is CCN(CCO)CCCC(C)Nc1ccnc2cc(F)ccc12. The molecule has 0 saturated carbocycles. The molecule has 0 radical (unpaired) electrons. The van der Waals surface area contributed by atoms with Crippen LogP contribution in [0.3, 0.4) is 0 Å². The molecular formula is C18H26FN3O. The predicted molar refractivity (Wildman–Crippen MR) is 93.2 cm³/mol. The van der Waals surface area contributed by atoms with Crippen molar-refractivity contribution < 1.29 is 9.50 Å². The number of anilines is 1. The van der Waals surface area contributed by atoms with Crippen LogP contribution < -0.4 is 5.32 Å². The number of halogens is 1. The molecule has 1 atom stereocenters. The van der Waals surface area contributed by atoms with E-state index in [0.29, 0.717) is 11.6 Å². The van der Waals surface area contributed by atoms with Crippen molar-refractivity contribution in [2.45, 2.75) is 32.7 Å². The molecule has 0 aliphatic heterocycles. The topological polar surface area (TPSA) is 48.4 Å². The molecule has 126 valence electrons. The van der Waals surface area contributed by atoms with Gasteiger partial charge in [-0.1, -0.05) is 6.92 Å². The summed E-state index contributed by atoms with van der Waals surface area (Å²) in [7, 11) is 0. The number of benzene rings is 1. The first-order valence-corrected chi connectivity index (χ1v) is 8.28. The Hall–Kier alpha value is -1.72. The van der Waals surface area contributed by atoms with E-state index in [0.717, 1.165) is 43.5 Å². The molecule has 2 N–H and O–H groups in total. The maximum Gasteiger partial charge on any atom is 0.125 e. The van der Waals surface area contributed by atoms with Crippen molar-refractivity contribution in [3.8, 4) is 0 Å². The molecule has 0 aliphatic rings. The molecule has 2 rings (SSSR count). The molecule has 0 spiro atoms. The van der Waals surface area contributed by atoms with Gasteiger partial charge in [-0.25, -0.2) is 4.39 Å². The zero-order valence-corrected chi connectivity index (χ0v) is 13.9. The lowest BCUT2D eigenvalue weighted by atomic mass is 10.1. The van der Waals surface area contributed by atoms with Gasteiger partial charge >= 0.3 is 0 Å². The number of nitrogens with zero attached hydrogens (tertiary/aromatic N) is 2. The lowest BCUT2D eigenvalue weighted by molar-refractivity contribution is 0.199. The molecular weight excluding hydrogens is 293 g/mol. The molecule has 1 aromatic heterocycles. The maximum absolute atomic E-state index is 13.3. The minimum Gasteiger partial charge on any atom is -0.395 e. The van der Waals surface area contributed by atoms with Crippen LogP contribution >= 0.6 is 0 Å². The van der Waals surface area contributed by atoms with Gasteiger partial charge in [-0.05, 0) is 51.1 Å². The molecule has 0 saturated heterocycles. The standard InChI is InChI=1S/C18H26FN3O/c1-3-22(11-12-23)10-4-5-14(2)21-17-8-9-20-18-13-15(19)6-7-16(17)18/h6-9,13-14,23H,3-5,10-12H2,1-2H3,(H,20,21). The first-order chi connectivity index (χ1) is 11.1. The average molecular weight is 319 g/mol. The Balaban J connectivity index is 1.91. The minimum atomic E-state index is -0.265. The van der Waals surface area contributed by atoms with Crippen molar-refractivity contribution in [3.05, 3.63) is 36.3 Å². The third kappa shape index (κ3) is 5.15. The molecule has 1 heterocycles. The zero-order chi connectivity index (χ0) is 16.7. The number of nitrogens with one attached hydrogen (secondary N) is 1. The van der Waals surface area contributed by atoms with Crippen LogP contribution in [0.1, 0.15) is 26.7 Å². The van der Waals surface area contributed by atoms with Crippen LogP contribution in [0, 0.1) is 5.82 Å². The number of aliphatic hydroxyl groups is 1. The van der Waals surface area contributed by atoms with E-state index >= 15 is 0 Å². The molecule has 0 aliphatic carbocycles. The van der Waals surface area contributed by atoms with Gasteiger partial charge in [0.15, 0.2) is 0 Å². The Morgan fingerprint density at radius 2 is 2.13 bits per heavy atom. The van der Waals surface area contributed by atoms with Gasteiger partial charge < -0.3 is 15.3 Å². The largest absolute Gasteiger partial charge is 0.395 e. The fourth-order valence-corrected chi connectivity index (χ4v) is 2.78. The van der Waals surface area contributed by atoms with Crippen LogP contribution in [0.15, 0.2) is 30.5 Å². The summed E-state index contributed by atoms with van der Waals surface area (Å²) < 4.78 is 13.3. The van der Waals surface area contributed by atoms with Gasteiger partial charge in [0.05, 0.1) is 12.1 Å². The van der Waals surface area contributed by atoms with Gasteiger partial charge in [-0.3, -0.25) is 4.98 Å². The van der Waals surface area contributed by atoms with Gasteiger partial charge in [0, 0.05) is 35.9 Å². The van der Waals surface area contributed by atoms with E-state index in [4.69, 9.17) is 5.11 Å². The van der Waals surface area contributed by atoms with Crippen LogP contribution in [0.4, 0.5) is 10.1 Å². The number of hydrogen-bond donors (Lipinski definition) is 2. The summed E-state index contributed by atoms with van der Waals surface area (Å²) in [4.78, 5) is 6.46. The van der Waals surface area contributed by atoms with Gasteiger partial charge in [0.1, 0.15) is 5.82 Å². The second-order valence-electron chi connectivity index (χ2n) is 5.87. The normalized spacial score (nSPS) is 12.7. The minimum absolute atomic E-state index is 0.210. The van der Waals surface area contributed by atoms with Crippen LogP contribution in [0.2, 0.25) is 0 Å². The van der Waals surface area contributed by atoms with E-state index < -0.39 is 0 Å². The van der Waals surface area contributed by atoms with Crippen LogP contribution in [-0.2, 0) is 0 Å². The molecule has 0 bridgehead atoms. The number of aliphatic hydroxyl groups excluding tert-OH is 1. The summed E-state index contributed by atoms with van der Waals surface area (Å²) in [5.74, 6) is -0.265. The molecule has 23 heavy (non-hydrogen) atoms. The third-order valence-corrected chi connectivity index (χ3v) is 4.08. The number of likely N-dealkylation sites (N-methyl/N-ethyl adjacent to an activating group) is 1. The van der Waals surface area contributed by atoms with Gasteiger partial charge in [0.2, 0.25) is 0 Å². The molecule has 1 unspecified atom stereocenters. The summed E-state index contributed by atoms with van der Waals surface area (Å²) in [6, 6.07) is 6.94. The maximum atomic E-state index is 13.3. The monoisotopic (exact) mass is 319 g/mol. The molecule has 5 heteroatoms. The molecule has 0 amide bonds. The van der Waals surface area contributed by atoms with Gasteiger partial charge in [-0.15, -0.1) is 0 Å². The number of rotatable bonds is 9. The lowest BCUT2D eigenvalue weighted by Gasteiger charge is -2.21. The Bertz CT molecular complexity index is 620. The fraction of sp³-hybridized carbons (Fsp3) is 0.500. The Morgan fingerprint density at radius 3 is 2.87 bits per heavy atom. The summed E-state index contributed by atoms with van der Waals surface area (Å²) in [6.07, 6.45) is 3.81. The first-order valence-electron chi connectivity index (χ1n) is 8.28. The number of fused-ring (bicyclic) bond motifs is 1. The quantitative estimate of drug-likeness (QED) is 0.745. The van der Waals surface area contributed by atoms with Crippen molar-refractivity contribution in [2.75, 3.05) is 31.6 Å². The highest BCUT2D eigenvalue weighted by atomic mass is 19.1. The Morgan fingerprint density at radius 1 is 1.30 bits per heavy atom. The smallest absolute Gasteiger partial charge is 0.125 e. The third-order valence-electron chi connectivity index (χ3n) is 4.08. The van der Waals surface area contributed by atoms with E-state index in [1.807, 2.05) is 6.07 Å². The fourth-order valence-electron chi connectivity index (χ4n) is 2.78. The second-order valence-corrected chi connectivity index (χ2v) is 5.87. The van der Waals surface area contributed by atoms with Crippen molar-refractivity contribution in [1.29, 1.82) is 0 Å². The van der Waals surface area contributed by atoms with Crippen LogP contribution in [0.5, 0.6) is 0 Å². The number of pyridine rings is 1. The van der Waals surface area contributed by atoms with Crippen LogP contribution in [0.25, 0.3) is 10.9 Å². The molecule has 1 aromatic carbocycles. The Kier molecular flexibility index (Phi) is 6.74. The Labute approximate surface area is 137 Å². The van der Waals surface area contributed by atoms with E-state index in [1.165, 1.54) is 12.1 Å². The van der Waals surface area contributed by atoms with E-state index in [-0.39, 0.29) is 12.4 Å². The molecule has 2 aromatic rings. The summed E-state index contributed by atoms with van der Waals surface area (Å²) in [5.41, 5.74) is 1.66. The second kappa shape index (κ2) is 8.79. The molecule has 0 fully saturated rings. The van der Waals surface area contributed by atoms with Crippen LogP contribution in [-0.4, -0.2) is 47.3 Å². The first kappa shape index (κ1) is 17.6. The predicted octanol–water partition coefficient (Wildman–Crippen LogP) is 3.27. The summed E-state index contributed by atoms with van der Waals surface area (Å²) >= 11 is 0. The summed E-state index contributed by atoms with van der Waals surface area (Å²) in [5, 5.41) is 13.4. The van der Waals surface area contributed by atoms with Gasteiger partial charge in [0.25, 0.3) is 0 Å². The highest BCUT2D eigenvalue weighted by Gasteiger charge is 2.08. The van der Waals surface area contributed by atoms with Crippen molar-refractivity contribution in [1.82, 2.24) is 9.88 Å². The van der Waals surface area contributed by atoms with Crippen molar-refractivity contribution in [2.24, 2.45) is 0 Å². The van der Waals surface area contributed by atoms with Crippen molar-refractivity contribution >= 4 is 16.6 Å².